The zero-order valence-electron chi connectivity index (χ0n) is 14.2. The molecule has 1 aromatic carbocycles. The van der Waals surface area contributed by atoms with Gasteiger partial charge in [0.05, 0.1) is 6.33 Å². The zero-order valence-corrected chi connectivity index (χ0v) is 14.2. The van der Waals surface area contributed by atoms with Crippen molar-refractivity contribution < 1.29 is 9.47 Å². The number of fused-ring (bicyclic) bond motifs is 2. The summed E-state index contributed by atoms with van der Waals surface area (Å²) in [6.07, 6.45) is 8.96. The fourth-order valence-corrected chi connectivity index (χ4v) is 4.04. The Hall–Kier alpha value is -1.69. The number of likely N-dealkylation sites (tertiary alicyclic amines) is 1. The van der Waals surface area contributed by atoms with E-state index in [1.165, 1.54) is 24.0 Å². The molecule has 5 nitrogen and oxygen atoms in total. The largest absolute Gasteiger partial charge is 0.352 e. The number of nitrogens with zero attached hydrogens (tertiary/aromatic N) is 3. The number of benzene rings is 1. The van der Waals surface area contributed by atoms with Gasteiger partial charge in [-0.2, -0.15) is 0 Å². The predicted molar refractivity (Wildman–Crippen MR) is 91.5 cm³/mol. The fourth-order valence-electron chi connectivity index (χ4n) is 4.04. The molecule has 3 heterocycles. The van der Waals surface area contributed by atoms with Gasteiger partial charge in [0.15, 0.2) is 6.29 Å². The first-order valence-electron chi connectivity index (χ1n) is 8.79. The summed E-state index contributed by atoms with van der Waals surface area (Å²) in [7, 11) is 1.73. The van der Waals surface area contributed by atoms with Crippen molar-refractivity contribution in [2.24, 2.45) is 0 Å². The molecule has 0 radical (unpaired) electrons. The molecule has 0 saturated carbocycles. The van der Waals surface area contributed by atoms with Crippen LogP contribution in [0.4, 0.5) is 0 Å². The quantitative estimate of drug-likeness (QED) is 0.765. The lowest BCUT2D eigenvalue weighted by Gasteiger charge is -2.25. The molecule has 1 spiro atoms. The lowest BCUT2D eigenvalue weighted by atomic mass is 9.91. The summed E-state index contributed by atoms with van der Waals surface area (Å²) in [6.45, 7) is 4.23. The summed E-state index contributed by atoms with van der Waals surface area (Å²) >= 11 is 0. The highest BCUT2D eigenvalue weighted by Gasteiger charge is 2.49. The molecule has 0 bridgehead atoms. The second kappa shape index (κ2) is 6.67. The molecule has 24 heavy (non-hydrogen) atoms. The number of hydrogen-bond acceptors (Lipinski definition) is 4. The summed E-state index contributed by atoms with van der Waals surface area (Å²) < 4.78 is 14.0. The van der Waals surface area contributed by atoms with Crippen molar-refractivity contribution in [1.82, 2.24) is 14.5 Å². The summed E-state index contributed by atoms with van der Waals surface area (Å²) in [5.74, 6) is 0. The standard InChI is InChI=1S/C19H25N3O2/c1-23-18-16-6-2-3-7-17(16)19(24-18)8-12-21(14-19)10-4-5-11-22-13-9-20-15-22/h2-3,6-7,9,13,15,18H,4-5,8,10-12,14H2,1H3. The van der Waals surface area contributed by atoms with Crippen molar-refractivity contribution >= 4 is 0 Å². The highest BCUT2D eigenvalue weighted by Crippen LogP contribution is 2.48. The molecule has 0 amide bonds. The molecule has 2 aliphatic heterocycles. The van der Waals surface area contributed by atoms with Crippen LogP contribution in [-0.4, -0.2) is 41.2 Å². The Labute approximate surface area is 143 Å². The van der Waals surface area contributed by atoms with Crippen LogP contribution in [0.3, 0.4) is 0 Å². The molecule has 0 aliphatic carbocycles. The molecule has 5 heteroatoms. The number of hydrogen-bond donors (Lipinski definition) is 0. The minimum absolute atomic E-state index is 0.179. The van der Waals surface area contributed by atoms with Crippen LogP contribution in [-0.2, 0) is 21.6 Å². The van der Waals surface area contributed by atoms with Crippen LogP contribution in [0.15, 0.2) is 43.0 Å². The third-order valence-electron chi connectivity index (χ3n) is 5.26. The first kappa shape index (κ1) is 15.8. The van der Waals surface area contributed by atoms with E-state index in [1.54, 1.807) is 7.11 Å². The number of aromatic nitrogens is 2. The van der Waals surface area contributed by atoms with Gasteiger partial charge in [-0.05, 0) is 31.4 Å². The van der Waals surface area contributed by atoms with Gasteiger partial charge >= 0.3 is 0 Å². The van der Waals surface area contributed by atoms with E-state index in [0.717, 1.165) is 32.6 Å². The Kier molecular flexibility index (Phi) is 4.39. The maximum atomic E-state index is 6.35. The van der Waals surface area contributed by atoms with Crippen molar-refractivity contribution in [2.45, 2.75) is 37.7 Å². The van der Waals surface area contributed by atoms with E-state index in [4.69, 9.17) is 9.47 Å². The molecule has 2 atom stereocenters. The summed E-state index contributed by atoms with van der Waals surface area (Å²) in [6, 6.07) is 8.51. The molecule has 4 rings (SSSR count). The van der Waals surface area contributed by atoms with Gasteiger partial charge in [0, 0.05) is 44.7 Å². The van der Waals surface area contributed by atoms with Crippen LogP contribution in [0.25, 0.3) is 0 Å². The molecule has 1 saturated heterocycles. The Balaban J connectivity index is 1.34. The van der Waals surface area contributed by atoms with E-state index in [-0.39, 0.29) is 11.9 Å². The van der Waals surface area contributed by atoms with E-state index < -0.39 is 0 Å². The van der Waals surface area contributed by atoms with E-state index in [0.29, 0.717) is 0 Å². The Morgan fingerprint density at radius 1 is 1.29 bits per heavy atom. The van der Waals surface area contributed by atoms with E-state index >= 15 is 0 Å². The van der Waals surface area contributed by atoms with Crippen molar-refractivity contribution in [2.75, 3.05) is 26.7 Å². The summed E-state index contributed by atoms with van der Waals surface area (Å²) in [5.41, 5.74) is 2.33. The van der Waals surface area contributed by atoms with Crippen molar-refractivity contribution in [3.8, 4) is 0 Å². The maximum Gasteiger partial charge on any atom is 0.184 e. The smallest absolute Gasteiger partial charge is 0.184 e. The average Bonchev–Trinajstić information content (AvgIpc) is 3.33. The SMILES string of the molecule is COC1OC2(CCN(CCCCn3ccnc3)C2)c2ccccc21. The Morgan fingerprint density at radius 2 is 2.17 bits per heavy atom. The first-order chi connectivity index (χ1) is 11.8. The second-order valence-corrected chi connectivity index (χ2v) is 6.80. The monoisotopic (exact) mass is 327 g/mol. The van der Waals surface area contributed by atoms with Crippen LogP contribution in [0, 0.1) is 0 Å². The van der Waals surface area contributed by atoms with Gasteiger partial charge in [-0.1, -0.05) is 24.3 Å². The molecule has 128 valence electrons. The lowest BCUT2D eigenvalue weighted by Crippen LogP contribution is -2.31. The number of methoxy groups -OCH3 is 1. The number of ether oxygens (including phenoxy) is 2. The molecular formula is C19H25N3O2. The lowest BCUT2D eigenvalue weighted by molar-refractivity contribution is -0.183. The normalized spacial score (nSPS) is 26.3. The van der Waals surface area contributed by atoms with Crippen LogP contribution < -0.4 is 0 Å². The van der Waals surface area contributed by atoms with Gasteiger partial charge in [0.25, 0.3) is 0 Å². The number of unbranched alkanes of at least 4 members (excludes halogenated alkanes) is 1. The van der Waals surface area contributed by atoms with Gasteiger partial charge in [-0.3, -0.25) is 4.90 Å². The first-order valence-corrected chi connectivity index (χ1v) is 8.79. The second-order valence-electron chi connectivity index (χ2n) is 6.80. The third-order valence-corrected chi connectivity index (χ3v) is 5.26. The van der Waals surface area contributed by atoms with Crippen LogP contribution >= 0.6 is 0 Å². The number of aryl methyl sites for hydroxylation is 1. The third kappa shape index (κ3) is 2.88. The predicted octanol–water partition coefficient (Wildman–Crippen LogP) is 2.94. The van der Waals surface area contributed by atoms with Crippen LogP contribution in [0.1, 0.15) is 36.7 Å². The average molecular weight is 327 g/mol. The highest BCUT2D eigenvalue weighted by atomic mass is 16.7. The molecule has 1 fully saturated rings. The van der Waals surface area contributed by atoms with E-state index in [9.17, 15) is 0 Å². The van der Waals surface area contributed by atoms with Gasteiger partial charge < -0.3 is 14.0 Å². The molecule has 0 N–H and O–H groups in total. The Bertz CT molecular complexity index is 673. The maximum absolute atomic E-state index is 6.35. The van der Waals surface area contributed by atoms with Crippen LogP contribution in [0.2, 0.25) is 0 Å². The number of imidazole rings is 1. The summed E-state index contributed by atoms with van der Waals surface area (Å²) in [4.78, 5) is 6.62. The minimum atomic E-state index is -0.220. The van der Waals surface area contributed by atoms with E-state index in [1.807, 2.05) is 18.7 Å². The number of rotatable bonds is 6. The Morgan fingerprint density at radius 3 is 3.00 bits per heavy atom. The topological polar surface area (TPSA) is 39.5 Å². The van der Waals surface area contributed by atoms with E-state index in [2.05, 4.69) is 38.7 Å². The zero-order chi connectivity index (χ0) is 16.4. The minimum Gasteiger partial charge on any atom is -0.352 e. The van der Waals surface area contributed by atoms with Crippen molar-refractivity contribution in [3.05, 3.63) is 54.1 Å². The van der Waals surface area contributed by atoms with Crippen LogP contribution in [0.5, 0.6) is 0 Å². The van der Waals surface area contributed by atoms with Crippen molar-refractivity contribution in [1.29, 1.82) is 0 Å². The molecule has 2 aliphatic rings. The molecular weight excluding hydrogens is 302 g/mol. The fraction of sp³-hybridized carbons (Fsp3) is 0.526. The highest BCUT2D eigenvalue weighted by molar-refractivity contribution is 5.38. The van der Waals surface area contributed by atoms with Gasteiger partial charge in [0.2, 0.25) is 0 Å². The molecule has 2 unspecified atom stereocenters. The van der Waals surface area contributed by atoms with Gasteiger partial charge in [-0.15, -0.1) is 0 Å². The van der Waals surface area contributed by atoms with Crippen molar-refractivity contribution in [3.63, 3.8) is 0 Å². The molecule has 1 aromatic heterocycles. The summed E-state index contributed by atoms with van der Waals surface area (Å²) in [5, 5.41) is 0. The van der Waals surface area contributed by atoms with Gasteiger partial charge in [0.1, 0.15) is 5.60 Å². The van der Waals surface area contributed by atoms with Gasteiger partial charge in [-0.25, -0.2) is 4.98 Å². The molecule has 2 aromatic rings.